The molecule has 0 aliphatic heterocycles. The molecule has 0 spiro atoms. The number of para-hydroxylation sites is 2. The van der Waals surface area contributed by atoms with Gasteiger partial charge in [-0.3, -0.25) is 4.79 Å². The second-order valence-corrected chi connectivity index (χ2v) is 7.58. The lowest BCUT2D eigenvalue weighted by atomic mass is 10.1. The third-order valence-corrected chi connectivity index (χ3v) is 5.53. The molecule has 0 heterocycles. The highest BCUT2D eigenvalue weighted by atomic mass is 19.4. The Morgan fingerprint density at radius 2 is 1.68 bits per heavy atom. The van der Waals surface area contributed by atoms with Crippen LogP contribution in [0.4, 0.5) is 18.9 Å². The van der Waals surface area contributed by atoms with E-state index in [-0.39, 0.29) is 23.8 Å². The average molecular weight is 389 g/mol. The van der Waals surface area contributed by atoms with E-state index >= 15 is 0 Å². The minimum absolute atomic E-state index is 0.0369. The van der Waals surface area contributed by atoms with Gasteiger partial charge in [0.05, 0.1) is 17.4 Å². The Labute approximate surface area is 161 Å². The van der Waals surface area contributed by atoms with E-state index in [4.69, 9.17) is 4.74 Å². The molecule has 2 aliphatic rings. The van der Waals surface area contributed by atoms with Crippen molar-refractivity contribution in [1.29, 1.82) is 0 Å². The van der Waals surface area contributed by atoms with E-state index in [0.717, 1.165) is 43.4 Å². The summed E-state index contributed by atoms with van der Waals surface area (Å²) in [7, 11) is 0. The summed E-state index contributed by atoms with van der Waals surface area (Å²) < 4.78 is 44.1. The number of hydrogen-bond acceptors (Lipinski definition) is 2. The van der Waals surface area contributed by atoms with Crippen molar-refractivity contribution < 1.29 is 22.7 Å². The maximum atomic E-state index is 12.7. The first-order valence-corrected chi connectivity index (χ1v) is 9.65. The normalized spacial score (nSPS) is 22.1. The molecule has 6 heteroatoms. The second kappa shape index (κ2) is 7.49. The molecule has 0 bridgehead atoms. The zero-order valence-corrected chi connectivity index (χ0v) is 15.3. The van der Waals surface area contributed by atoms with Gasteiger partial charge in [0.1, 0.15) is 5.75 Å². The zero-order chi connectivity index (χ0) is 19.7. The maximum Gasteiger partial charge on any atom is 0.416 e. The number of halogens is 3. The highest BCUT2D eigenvalue weighted by molar-refractivity contribution is 5.96. The van der Waals surface area contributed by atoms with Gasteiger partial charge in [0, 0.05) is 5.92 Å². The van der Waals surface area contributed by atoms with Crippen molar-refractivity contribution in [3.63, 3.8) is 0 Å². The van der Waals surface area contributed by atoms with Crippen molar-refractivity contribution in [2.24, 2.45) is 5.92 Å². The SMILES string of the molecule is O=C(Nc1ccccc1OC1CCCC1)C1CC1c1ccc(C(F)(F)F)cc1. The van der Waals surface area contributed by atoms with E-state index in [9.17, 15) is 18.0 Å². The fraction of sp³-hybridized carbons (Fsp3) is 0.409. The van der Waals surface area contributed by atoms with Gasteiger partial charge in [-0.15, -0.1) is 0 Å². The molecule has 2 unspecified atom stereocenters. The first kappa shape index (κ1) is 18.8. The van der Waals surface area contributed by atoms with Crippen LogP contribution in [0.3, 0.4) is 0 Å². The van der Waals surface area contributed by atoms with Gasteiger partial charge in [0.15, 0.2) is 0 Å². The molecular weight excluding hydrogens is 367 g/mol. The van der Waals surface area contributed by atoms with Gasteiger partial charge in [-0.1, -0.05) is 24.3 Å². The molecule has 0 saturated heterocycles. The molecule has 0 aromatic heterocycles. The number of anilines is 1. The molecule has 148 valence electrons. The number of rotatable bonds is 5. The lowest BCUT2D eigenvalue weighted by Gasteiger charge is -2.17. The van der Waals surface area contributed by atoms with Crippen LogP contribution in [0.1, 0.15) is 49.1 Å². The average Bonchev–Trinajstić information content (AvgIpc) is 3.32. The standard InChI is InChI=1S/C22H22F3NO2/c23-22(24,25)15-11-9-14(10-12-15)17-13-18(17)21(27)26-19-7-3-4-8-20(19)28-16-5-1-2-6-16/h3-4,7-12,16-18H,1-2,5-6,13H2,(H,26,27). The predicted molar refractivity (Wildman–Crippen MR) is 100 cm³/mol. The van der Waals surface area contributed by atoms with Crippen molar-refractivity contribution in [3.8, 4) is 5.75 Å². The number of benzene rings is 2. The van der Waals surface area contributed by atoms with Crippen molar-refractivity contribution in [1.82, 2.24) is 0 Å². The first-order valence-electron chi connectivity index (χ1n) is 9.65. The summed E-state index contributed by atoms with van der Waals surface area (Å²) in [6.07, 6.45) is 0.873. The van der Waals surface area contributed by atoms with Crippen LogP contribution in [0.15, 0.2) is 48.5 Å². The van der Waals surface area contributed by atoms with Crippen molar-refractivity contribution in [3.05, 3.63) is 59.7 Å². The number of ether oxygens (including phenoxy) is 1. The van der Waals surface area contributed by atoms with Gasteiger partial charge in [-0.05, 0) is 67.9 Å². The first-order chi connectivity index (χ1) is 13.4. The molecule has 2 aromatic carbocycles. The van der Waals surface area contributed by atoms with Gasteiger partial charge in [-0.25, -0.2) is 0 Å². The molecule has 2 saturated carbocycles. The van der Waals surface area contributed by atoms with Gasteiger partial charge in [0.2, 0.25) is 5.91 Å². The van der Waals surface area contributed by atoms with E-state index in [1.165, 1.54) is 12.1 Å². The zero-order valence-electron chi connectivity index (χ0n) is 15.3. The molecule has 1 N–H and O–H groups in total. The molecule has 1 amide bonds. The Bertz CT molecular complexity index is 842. The monoisotopic (exact) mass is 389 g/mol. The van der Waals surface area contributed by atoms with Crippen LogP contribution in [0.2, 0.25) is 0 Å². The molecular formula is C22H22F3NO2. The largest absolute Gasteiger partial charge is 0.488 e. The van der Waals surface area contributed by atoms with Gasteiger partial charge < -0.3 is 10.1 Å². The quantitative estimate of drug-likeness (QED) is 0.705. The van der Waals surface area contributed by atoms with Crippen LogP contribution in [-0.2, 0) is 11.0 Å². The van der Waals surface area contributed by atoms with Crippen molar-refractivity contribution in [2.45, 2.75) is 50.3 Å². The van der Waals surface area contributed by atoms with E-state index in [1.54, 1.807) is 0 Å². The second-order valence-electron chi connectivity index (χ2n) is 7.58. The van der Waals surface area contributed by atoms with Crippen LogP contribution in [0, 0.1) is 5.92 Å². The summed E-state index contributed by atoms with van der Waals surface area (Å²) in [4.78, 5) is 12.6. The third kappa shape index (κ3) is 4.16. The lowest BCUT2D eigenvalue weighted by molar-refractivity contribution is -0.137. The van der Waals surface area contributed by atoms with Crippen LogP contribution < -0.4 is 10.1 Å². The topological polar surface area (TPSA) is 38.3 Å². The number of amides is 1. The van der Waals surface area contributed by atoms with E-state index in [1.807, 2.05) is 24.3 Å². The maximum absolute atomic E-state index is 12.7. The van der Waals surface area contributed by atoms with E-state index in [0.29, 0.717) is 17.9 Å². The Morgan fingerprint density at radius 1 is 1.00 bits per heavy atom. The van der Waals surface area contributed by atoms with Crippen LogP contribution >= 0.6 is 0 Å². The van der Waals surface area contributed by atoms with E-state index in [2.05, 4.69) is 5.32 Å². The highest BCUT2D eigenvalue weighted by Gasteiger charge is 2.44. The summed E-state index contributed by atoms with van der Waals surface area (Å²) in [6, 6.07) is 12.5. The summed E-state index contributed by atoms with van der Waals surface area (Å²) in [5.74, 6) is 0.295. The van der Waals surface area contributed by atoms with Crippen LogP contribution in [0.25, 0.3) is 0 Å². The number of alkyl halides is 3. The van der Waals surface area contributed by atoms with Gasteiger partial charge >= 0.3 is 6.18 Å². The molecule has 4 rings (SSSR count). The molecule has 3 nitrogen and oxygen atoms in total. The molecule has 2 aromatic rings. The minimum Gasteiger partial charge on any atom is -0.488 e. The Morgan fingerprint density at radius 3 is 2.36 bits per heavy atom. The number of nitrogens with one attached hydrogen (secondary N) is 1. The van der Waals surface area contributed by atoms with Crippen LogP contribution in [-0.4, -0.2) is 12.0 Å². The molecule has 28 heavy (non-hydrogen) atoms. The smallest absolute Gasteiger partial charge is 0.416 e. The number of carbonyl (C=O) groups excluding carboxylic acids is 1. The number of hydrogen-bond donors (Lipinski definition) is 1. The predicted octanol–water partition coefficient (Wildman–Crippen LogP) is 5.77. The number of carbonyl (C=O) groups is 1. The Balaban J connectivity index is 1.39. The summed E-state index contributed by atoms with van der Waals surface area (Å²) in [5, 5.41) is 2.94. The van der Waals surface area contributed by atoms with Gasteiger partial charge in [-0.2, -0.15) is 13.2 Å². The van der Waals surface area contributed by atoms with E-state index < -0.39 is 11.7 Å². The van der Waals surface area contributed by atoms with Crippen molar-refractivity contribution in [2.75, 3.05) is 5.32 Å². The lowest BCUT2D eigenvalue weighted by Crippen LogP contribution is -2.17. The fourth-order valence-electron chi connectivity index (χ4n) is 3.86. The molecule has 2 aliphatic carbocycles. The third-order valence-electron chi connectivity index (χ3n) is 5.53. The van der Waals surface area contributed by atoms with Crippen molar-refractivity contribution >= 4 is 11.6 Å². The summed E-state index contributed by atoms with van der Waals surface area (Å²) in [5.41, 5.74) is 0.747. The Kier molecular flexibility index (Phi) is 5.04. The van der Waals surface area contributed by atoms with Crippen LogP contribution in [0.5, 0.6) is 5.75 Å². The molecule has 0 radical (unpaired) electrons. The van der Waals surface area contributed by atoms with Gasteiger partial charge in [0.25, 0.3) is 0 Å². The molecule has 2 fully saturated rings. The summed E-state index contributed by atoms with van der Waals surface area (Å²) in [6.45, 7) is 0. The summed E-state index contributed by atoms with van der Waals surface area (Å²) >= 11 is 0. The highest BCUT2D eigenvalue weighted by Crippen LogP contribution is 2.48. The fourth-order valence-corrected chi connectivity index (χ4v) is 3.86. The molecule has 2 atom stereocenters. The minimum atomic E-state index is -4.35. The Hall–Kier alpha value is -2.50.